The van der Waals surface area contributed by atoms with Gasteiger partial charge in [0.05, 0.1) is 0 Å². The van der Waals surface area contributed by atoms with E-state index in [4.69, 9.17) is 4.43 Å². The zero-order valence-electron chi connectivity index (χ0n) is 12.0. The fourth-order valence-electron chi connectivity index (χ4n) is 2.73. The number of fused-ring (bicyclic) bond motifs is 1. The normalized spacial score (nSPS) is 12.9. The van der Waals surface area contributed by atoms with Crippen molar-refractivity contribution >= 4 is 19.2 Å². The van der Waals surface area contributed by atoms with E-state index in [-0.39, 0.29) is 0 Å². The van der Waals surface area contributed by atoms with Crippen molar-refractivity contribution in [2.75, 3.05) is 0 Å². The summed E-state index contributed by atoms with van der Waals surface area (Å²) in [5, 5.41) is 1.22. The summed E-state index contributed by atoms with van der Waals surface area (Å²) in [6.45, 7) is 11.4. The number of hydrogen-bond acceptors (Lipinski definition) is 1. The third-order valence-corrected chi connectivity index (χ3v) is 5.58. The maximum absolute atomic E-state index is 6.28. The summed E-state index contributed by atoms with van der Waals surface area (Å²) in [6, 6.07) is 9.53. The van der Waals surface area contributed by atoms with Gasteiger partial charge in [-0.3, -0.25) is 0 Å². The average molecular weight is 261 g/mol. The summed E-state index contributed by atoms with van der Waals surface area (Å²) < 4.78 is 6.28. The summed E-state index contributed by atoms with van der Waals surface area (Å²) in [4.78, 5) is 3.20. The average Bonchev–Trinajstić information content (AvgIpc) is 2.59. The largest absolute Gasteiger partial charge is 0.544 e. The second-order valence-corrected chi connectivity index (χ2v) is 10.9. The topological polar surface area (TPSA) is 25.0 Å². The number of hydrogen-bond donors (Lipinski definition) is 1. The highest BCUT2D eigenvalue weighted by Gasteiger charge is 2.30. The van der Waals surface area contributed by atoms with Crippen LogP contribution in [0.5, 0.6) is 5.75 Å². The van der Waals surface area contributed by atoms with Crippen LogP contribution in [0.2, 0.25) is 19.1 Å². The lowest BCUT2D eigenvalue weighted by atomic mass is 10.0. The number of aromatic amines is 1. The van der Waals surface area contributed by atoms with Crippen LogP contribution in [-0.4, -0.2) is 13.3 Å². The summed E-state index contributed by atoms with van der Waals surface area (Å²) in [5.74, 6) is 1.00. The van der Waals surface area contributed by atoms with Crippen molar-refractivity contribution in [2.24, 2.45) is 5.41 Å². The second kappa shape index (κ2) is 4.46. The summed E-state index contributed by atoms with van der Waals surface area (Å²) in [7, 11) is -1.66. The van der Waals surface area contributed by atoms with Gasteiger partial charge in [-0.05, 0) is 48.8 Å². The fraction of sp³-hybridized carbons (Fsp3) is 0.467. The Morgan fingerprint density at radius 3 is 2.56 bits per heavy atom. The van der Waals surface area contributed by atoms with E-state index in [1.54, 1.807) is 0 Å². The van der Waals surface area contributed by atoms with Crippen LogP contribution in [0.25, 0.3) is 10.9 Å². The Balaban J connectivity index is 2.17. The van der Waals surface area contributed by atoms with Gasteiger partial charge in [-0.2, -0.15) is 0 Å². The minimum atomic E-state index is -1.66. The lowest BCUT2D eigenvalue weighted by molar-refractivity contribution is 0.428. The molecule has 0 saturated heterocycles. The maximum Gasteiger partial charge on any atom is 0.245 e. The number of nitrogens with one attached hydrogen (secondary N) is 1. The van der Waals surface area contributed by atoms with Crippen LogP contribution in [0.15, 0.2) is 30.5 Å². The summed E-state index contributed by atoms with van der Waals surface area (Å²) in [5.41, 5.74) is 1.49. The van der Waals surface area contributed by atoms with Crippen LogP contribution in [-0.2, 0) is 0 Å². The third-order valence-electron chi connectivity index (χ3n) is 2.87. The highest BCUT2D eigenvalue weighted by atomic mass is 28.4. The highest BCUT2D eigenvalue weighted by molar-refractivity contribution is 6.72. The van der Waals surface area contributed by atoms with Crippen LogP contribution in [0.3, 0.4) is 0 Å². The lowest BCUT2D eigenvalue weighted by Crippen LogP contribution is -2.38. The number of aromatic nitrogens is 1. The maximum atomic E-state index is 6.28. The van der Waals surface area contributed by atoms with E-state index in [1.165, 1.54) is 5.39 Å². The van der Waals surface area contributed by atoms with Gasteiger partial charge in [-0.25, -0.2) is 0 Å². The van der Waals surface area contributed by atoms with Crippen molar-refractivity contribution in [1.29, 1.82) is 0 Å². The molecule has 0 bridgehead atoms. The monoisotopic (exact) mass is 261 g/mol. The molecule has 0 aliphatic carbocycles. The van der Waals surface area contributed by atoms with Gasteiger partial charge in [0, 0.05) is 17.1 Å². The molecule has 0 fully saturated rings. The van der Waals surface area contributed by atoms with E-state index in [0.29, 0.717) is 5.41 Å². The molecule has 0 atom stereocenters. The molecule has 0 saturated carbocycles. The Kier molecular flexibility index (Phi) is 3.28. The summed E-state index contributed by atoms with van der Waals surface area (Å²) >= 11 is 0. The van der Waals surface area contributed by atoms with Crippen molar-refractivity contribution in [3.8, 4) is 5.75 Å². The SMILES string of the molecule is CC(C)(C)C[Si](C)(C)Oc1ccc2[nH]ccc2c1. The van der Waals surface area contributed by atoms with Crippen molar-refractivity contribution in [1.82, 2.24) is 4.98 Å². The highest BCUT2D eigenvalue weighted by Crippen LogP contribution is 2.30. The molecule has 3 heteroatoms. The van der Waals surface area contributed by atoms with E-state index in [2.05, 4.69) is 63.1 Å². The molecular formula is C15H23NOSi. The Morgan fingerprint density at radius 2 is 1.89 bits per heavy atom. The van der Waals surface area contributed by atoms with E-state index in [1.807, 2.05) is 6.20 Å². The second-order valence-electron chi connectivity index (χ2n) is 6.83. The van der Waals surface area contributed by atoms with Gasteiger partial charge in [0.25, 0.3) is 0 Å². The molecule has 0 radical (unpaired) electrons. The predicted molar refractivity (Wildman–Crippen MR) is 80.7 cm³/mol. The van der Waals surface area contributed by atoms with Crippen LogP contribution >= 0.6 is 0 Å². The molecule has 0 aliphatic heterocycles. The molecule has 0 spiro atoms. The first-order chi connectivity index (χ1) is 8.25. The first kappa shape index (κ1) is 13.2. The Labute approximate surface area is 110 Å². The van der Waals surface area contributed by atoms with Gasteiger partial charge in [-0.1, -0.05) is 20.8 Å². The van der Waals surface area contributed by atoms with Crippen molar-refractivity contribution in [2.45, 2.75) is 39.9 Å². The number of benzene rings is 1. The van der Waals surface area contributed by atoms with E-state index < -0.39 is 8.32 Å². The minimum absolute atomic E-state index is 0.327. The lowest BCUT2D eigenvalue weighted by Gasteiger charge is -2.31. The summed E-state index contributed by atoms with van der Waals surface area (Å²) in [6.07, 6.45) is 1.96. The van der Waals surface area contributed by atoms with Crippen LogP contribution < -0.4 is 4.43 Å². The predicted octanol–water partition coefficient (Wildman–Crippen LogP) is 4.80. The molecule has 1 aromatic heterocycles. The molecule has 1 heterocycles. The quantitative estimate of drug-likeness (QED) is 0.789. The van der Waals surface area contributed by atoms with Crippen LogP contribution in [0.1, 0.15) is 20.8 Å². The van der Waals surface area contributed by atoms with E-state index in [0.717, 1.165) is 17.3 Å². The third kappa shape index (κ3) is 3.39. The van der Waals surface area contributed by atoms with Gasteiger partial charge in [0.2, 0.25) is 8.32 Å². The Hall–Kier alpha value is -1.22. The van der Waals surface area contributed by atoms with E-state index in [9.17, 15) is 0 Å². The van der Waals surface area contributed by atoms with Crippen molar-refractivity contribution in [3.63, 3.8) is 0 Å². The molecule has 2 aromatic rings. The molecule has 2 nitrogen and oxygen atoms in total. The molecule has 0 amide bonds. The number of rotatable bonds is 3. The molecule has 2 rings (SSSR count). The van der Waals surface area contributed by atoms with Gasteiger partial charge < -0.3 is 9.41 Å². The molecule has 0 unspecified atom stereocenters. The first-order valence-electron chi connectivity index (χ1n) is 6.51. The fourth-order valence-corrected chi connectivity index (χ4v) is 6.12. The van der Waals surface area contributed by atoms with Gasteiger partial charge in [0.1, 0.15) is 5.75 Å². The van der Waals surface area contributed by atoms with Gasteiger partial charge in [0.15, 0.2) is 0 Å². The van der Waals surface area contributed by atoms with Crippen molar-refractivity contribution in [3.05, 3.63) is 30.5 Å². The van der Waals surface area contributed by atoms with Gasteiger partial charge >= 0.3 is 0 Å². The van der Waals surface area contributed by atoms with Crippen LogP contribution in [0, 0.1) is 5.41 Å². The molecule has 1 N–H and O–H groups in total. The van der Waals surface area contributed by atoms with Crippen LogP contribution in [0.4, 0.5) is 0 Å². The molecular weight excluding hydrogens is 238 g/mol. The Bertz CT molecular complexity index is 537. The molecule has 0 aliphatic rings. The molecule has 1 aromatic carbocycles. The zero-order valence-corrected chi connectivity index (χ0v) is 13.0. The smallest absolute Gasteiger partial charge is 0.245 e. The minimum Gasteiger partial charge on any atom is -0.544 e. The van der Waals surface area contributed by atoms with Gasteiger partial charge in [-0.15, -0.1) is 0 Å². The zero-order chi connectivity index (χ0) is 13.4. The first-order valence-corrected chi connectivity index (χ1v) is 9.63. The standard InChI is InChI=1S/C15H23NOSi/c1-15(2,3)11-18(4,5)17-13-6-7-14-12(10-13)8-9-16-14/h6-10,16H,11H2,1-5H3. The van der Waals surface area contributed by atoms with Crippen molar-refractivity contribution < 1.29 is 4.43 Å². The Morgan fingerprint density at radius 1 is 1.17 bits per heavy atom. The molecule has 98 valence electrons. The van der Waals surface area contributed by atoms with E-state index >= 15 is 0 Å². The number of H-pyrrole nitrogens is 1. The molecule has 18 heavy (non-hydrogen) atoms.